The molecule has 1 aliphatic rings. The Hall–Kier alpha value is -3.38. The number of nitrogens with one attached hydrogen (secondary N) is 1. The molecule has 0 radical (unpaired) electrons. The van der Waals surface area contributed by atoms with Crippen molar-refractivity contribution in [2.75, 3.05) is 10.2 Å². The highest BCUT2D eigenvalue weighted by molar-refractivity contribution is 8.04. The molecule has 0 saturated carbocycles. The second-order valence-corrected chi connectivity index (χ2v) is 7.62. The Morgan fingerprint density at radius 3 is 2.14 bits per heavy atom. The van der Waals surface area contributed by atoms with Gasteiger partial charge in [0.1, 0.15) is 16.4 Å². The summed E-state index contributed by atoms with van der Waals surface area (Å²) in [7, 11) is 0. The SMILES string of the molecule is Cc1ccc(SC2=C(Nc3ccc(F)cc3)C(=O)N(c3ccccc3)C2=O)cc1. The van der Waals surface area contributed by atoms with Gasteiger partial charge >= 0.3 is 0 Å². The lowest BCUT2D eigenvalue weighted by Crippen LogP contribution is -2.32. The number of hydrogen-bond donors (Lipinski definition) is 1. The second-order valence-electron chi connectivity index (χ2n) is 6.53. The number of nitrogens with zero attached hydrogens (tertiary/aromatic N) is 1. The van der Waals surface area contributed by atoms with Crippen molar-refractivity contribution in [3.05, 3.63) is 101 Å². The van der Waals surface area contributed by atoms with Gasteiger partial charge in [-0.3, -0.25) is 9.59 Å². The summed E-state index contributed by atoms with van der Waals surface area (Å²) in [5.41, 5.74) is 2.31. The number of amides is 2. The first kappa shape index (κ1) is 19.0. The summed E-state index contributed by atoms with van der Waals surface area (Å²) >= 11 is 1.23. The van der Waals surface area contributed by atoms with Crippen LogP contribution >= 0.6 is 11.8 Å². The molecule has 0 spiro atoms. The average molecular weight is 404 g/mol. The first-order valence-electron chi connectivity index (χ1n) is 8.98. The number of carbonyl (C=O) groups excluding carboxylic acids is 2. The molecule has 0 atom stereocenters. The third-order valence-electron chi connectivity index (χ3n) is 4.41. The Balaban J connectivity index is 1.73. The lowest BCUT2D eigenvalue weighted by Gasteiger charge is -2.15. The summed E-state index contributed by atoms with van der Waals surface area (Å²) in [5.74, 6) is -1.21. The third-order valence-corrected chi connectivity index (χ3v) is 5.50. The maximum atomic E-state index is 13.2. The minimum atomic E-state index is -0.444. The van der Waals surface area contributed by atoms with Gasteiger partial charge in [0.15, 0.2) is 0 Å². The van der Waals surface area contributed by atoms with Gasteiger partial charge in [-0.15, -0.1) is 0 Å². The monoisotopic (exact) mass is 404 g/mol. The normalized spacial score (nSPS) is 13.9. The Labute approximate surface area is 172 Å². The summed E-state index contributed by atoms with van der Waals surface area (Å²) in [6, 6.07) is 22.2. The standard InChI is InChI=1S/C23H17FN2O2S/c1-15-7-13-19(14-8-15)29-21-20(25-17-11-9-16(24)10-12-17)22(27)26(23(21)28)18-5-3-2-4-6-18/h2-14,25H,1H3. The van der Waals surface area contributed by atoms with Crippen LogP contribution in [-0.2, 0) is 9.59 Å². The van der Waals surface area contributed by atoms with Crippen LogP contribution < -0.4 is 10.2 Å². The van der Waals surface area contributed by atoms with Crippen molar-refractivity contribution in [1.29, 1.82) is 0 Å². The number of thioether (sulfide) groups is 1. The van der Waals surface area contributed by atoms with Crippen molar-refractivity contribution in [2.24, 2.45) is 0 Å². The van der Waals surface area contributed by atoms with Gasteiger partial charge < -0.3 is 5.32 Å². The fraction of sp³-hybridized carbons (Fsp3) is 0.0435. The highest BCUT2D eigenvalue weighted by atomic mass is 32.2. The van der Waals surface area contributed by atoms with E-state index in [0.717, 1.165) is 15.4 Å². The molecule has 6 heteroatoms. The van der Waals surface area contributed by atoms with E-state index >= 15 is 0 Å². The van der Waals surface area contributed by atoms with Gasteiger partial charge in [0.25, 0.3) is 11.8 Å². The quantitative estimate of drug-likeness (QED) is 0.600. The third kappa shape index (κ3) is 3.93. The zero-order chi connectivity index (χ0) is 20.4. The number of hydrogen-bond acceptors (Lipinski definition) is 4. The maximum absolute atomic E-state index is 13.2. The Morgan fingerprint density at radius 2 is 1.48 bits per heavy atom. The van der Waals surface area contributed by atoms with E-state index in [0.29, 0.717) is 16.3 Å². The van der Waals surface area contributed by atoms with E-state index in [-0.39, 0.29) is 11.5 Å². The molecule has 4 rings (SSSR count). The predicted octanol–water partition coefficient (Wildman–Crippen LogP) is 5.12. The Bertz CT molecular complexity index is 1020. The smallest absolute Gasteiger partial charge is 0.283 e. The molecule has 4 nitrogen and oxygen atoms in total. The van der Waals surface area contributed by atoms with E-state index in [4.69, 9.17) is 0 Å². The molecule has 1 N–H and O–H groups in total. The molecule has 0 aromatic heterocycles. The van der Waals surface area contributed by atoms with Crippen LogP contribution in [0.25, 0.3) is 0 Å². The topological polar surface area (TPSA) is 49.4 Å². The molecule has 29 heavy (non-hydrogen) atoms. The highest BCUT2D eigenvalue weighted by Gasteiger charge is 2.40. The van der Waals surface area contributed by atoms with Crippen LogP contribution in [0.2, 0.25) is 0 Å². The van der Waals surface area contributed by atoms with Gasteiger partial charge in [0.2, 0.25) is 0 Å². The molecule has 0 unspecified atom stereocenters. The molecule has 0 aliphatic carbocycles. The van der Waals surface area contributed by atoms with Crippen LogP contribution in [0, 0.1) is 12.7 Å². The van der Waals surface area contributed by atoms with Crippen LogP contribution in [-0.4, -0.2) is 11.8 Å². The molecule has 3 aromatic rings. The molecule has 2 amide bonds. The van der Waals surface area contributed by atoms with Crippen LogP contribution in [0.1, 0.15) is 5.56 Å². The highest BCUT2D eigenvalue weighted by Crippen LogP contribution is 2.37. The lowest BCUT2D eigenvalue weighted by atomic mass is 10.2. The van der Waals surface area contributed by atoms with E-state index in [1.807, 2.05) is 37.3 Å². The number of carbonyl (C=O) groups is 2. The summed E-state index contributed by atoms with van der Waals surface area (Å²) in [4.78, 5) is 28.6. The average Bonchev–Trinajstić information content (AvgIpc) is 2.96. The van der Waals surface area contributed by atoms with Crippen molar-refractivity contribution in [1.82, 2.24) is 0 Å². The molecule has 0 fully saturated rings. The molecule has 1 aliphatic heterocycles. The number of anilines is 2. The van der Waals surface area contributed by atoms with Gasteiger partial charge in [-0.1, -0.05) is 47.7 Å². The fourth-order valence-corrected chi connectivity index (χ4v) is 3.85. The number of halogens is 1. The van der Waals surface area contributed by atoms with Crippen LogP contribution in [0.4, 0.5) is 15.8 Å². The van der Waals surface area contributed by atoms with Gasteiger partial charge in [-0.05, 0) is 55.5 Å². The van der Waals surface area contributed by atoms with E-state index in [2.05, 4.69) is 5.32 Å². The van der Waals surface area contributed by atoms with Crippen molar-refractivity contribution in [3.8, 4) is 0 Å². The summed E-state index contributed by atoms with van der Waals surface area (Å²) < 4.78 is 13.2. The molecular formula is C23H17FN2O2S. The van der Waals surface area contributed by atoms with Crippen molar-refractivity contribution >= 4 is 35.0 Å². The Morgan fingerprint density at radius 1 is 0.828 bits per heavy atom. The number of para-hydroxylation sites is 1. The van der Waals surface area contributed by atoms with E-state index in [1.54, 1.807) is 24.3 Å². The zero-order valence-corrected chi connectivity index (χ0v) is 16.4. The van der Waals surface area contributed by atoms with Crippen molar-refractivity contribution < 1.29 is 14.0 Å². The number of aryl methyl sites for hydroxylation is 1. The second kappa shape index (κ2) is 7.93. The van der Waals surface area contributed by atoms with Crippen molar-refractivity contribution in [2.45, 2.75) is 11.8 Å². The van der Waals surface area contributed by atoms with Crippen LogP contribution in [0.15, 0.2) is 94.4 Å². The number of rotatable bonds is 5. The molecule has 3 aromatic carbocycles. The fourth-order valence-electron chi connectivity index (χ4n) is 2.93. The zero-order valence-electron chi connectivity index (χ0n) is 15.6. The largest absolute Gasteiger partial charge is 0.350 e. The molecule has 144 valence electrons. The van der Waals surface area contributed by atoms with Gasteiger partial charge in [0.05, 0.1) is 5.69 Å². The molecule has 0 saturated heterocycles. The summed E-state index contributed by atoms with van der Waals surface area (Å²) in [5, 5.41) is 3.01. The number of imide groups is 1. The van der Waals surface area contributed by atoms with E-state index < -0.39 is 11.8 Å². The summed E-state index contributed by atoms with van der Waals surface area (Å²) in [6.45, 7) is 1.98. The van der Waals surface area contributed by atoms with Gasteiger partial charge in [0, 0.05) is 10.6 Å². The minimum absolute atomic E-state index is 0.177. The van der Waals surface area contributed by atoms with Crippen LogP contribution in [0.5, 0.6) is 0 Å². The van der Waals surface area contributed by atoms with E-state index in [1.165, 1.54) is 36.0 Å². The Kier molecular flexibility index (Phi) is 5.18. The van der Waals surface area contributed by atoms with Gasteiger partial charge in [-0.25, -0.2) is 9.29 Å². The number of benzene rings is 3. The van der Waals surface area contributed by atoms with Gasteiger partial charge in [-0.2, -0.15) is 0 Å². The maximum Gasteiger partial charge on any atom is 0.283 e. The predicted molar refractivity (Wildman–Crippen MR) is 113 cm³/mol. The van der Waals surface area contributed by atoms with Crippen molar-refractivity contribution in [3.63, 3.8) is 0 Å². The first-order valence-corrected chi connectivity index (χ1v) is 9.80. The molecule has 1 heterocycles. The lowest BCUT2D eigenvalue weighted by molar-refractivity contribution is -0.120. The van der Waals surface area contributed by atoms with Crippen LogP contribution in [0.3, 0.4) is 0 Å². The molecule has 0 bridgehead atoms. The molecular weight excluding hydrogens is 387 g/mol. The first-order chi connectivity index (χ1) is 14.0. The minimum Gasteiger partial charge on any atom is -0.350 e. The van der Waals surface area contributed by atoms with E-state index in [9.17, 15) is 14.0 Å². The summed E-state index contributed by atoms with van der Waals surface area (Å²) in [6.07, 6.45) is 0.